The van der Waals surface area contributed by atoms with Crippen LogP contribution in [-0.2, 0) is 13.5 Å². The number of hydrogen-bond acceptors (Lipinski definition) is 3. The summed E-state index contributed by atoms with van der Waals surface area (Å²) in [4.78, 5) is 9.36. The zero-order valence-corrected chi connectivity index (χ0v) is 18.3. The van der Waals surface area contributed by atoms with Gasteiger partial charge in [0.1, 0.15) is 5.82 Å². The number of nitrogens with zero attached hydrogens (tertiary/aromatic N) is 5. The number of guanidine groups is 1. The number of benzene rings is 1. The average molecular weight is 486 g/mol. The Morgan fingerprint density at radius 3 is 2.48 bits per heavy atom. The van der Waals surface area contributed by atoms with Crippen LogP contribution < -0.4 is 10.2 Å². The monoisotopic (exact) mass is 486 g/mol. The van der Waals surface area contributed by atoms with Gasteiger partial charge >= 0.3 is 0 Å². The number of nitrogens with one attached hydrogen (secondary N) is 1. The molecule has 1 aromatic carbocycles. The highest BCUT2D eigenvalue weighted by Gasteiger charge is 2.19. The minimum atomic E-state index is -0.192. The van der Waals surface area contributed by atoms with E-state index in [1.54, 1.807) is 0 Å². The van der Waals surface area contributed by atoms with Gasteiger partial charge in [0.15, 0.2) is 5.96 Å². The zero-order valence-electron chi connectivity index (χ0n) is 15.9. The Balaban J connectivity index is 0.00000261. The van der Waals surface area contributed by atoms with Gasteiger partial charge < -0.3 is 15.1 Å². The maximum atomic E-state index is 13.1. The second-order valence-corrected chi connectivity index (χ2v) is 6.46. The molecule has 0 atom stereocenters. The molecule has 8 heteroatoms. The number of aliphatic imine (C=N–C) groups is 1. The van der Waals surface area contributed by atoms with E-state index in [1.165, 1.54) is 17.7 Å². The van der Waals surface area contributed by atoms with Gasteiger partial charge in [-0.1, -0.05) is 0 Å². The number of anilines is 1. The van der Waals surface area contributed by atoms with Crippen molar-refractivity contribution in [1.29, 1.82) is 0 Å². The van der Waals surface area contributed by atoms with Crippen LogP contribution in [0.4, 0.5) is 10.1 Å². The Morgan fingerprint density at radius 2 is 1.89 bits per heavy atom. The van der Waals surface area contributed by atoms with Crippen LogP contribution in [0.25, 0.3) is 0 Å². The van der Waals surface area contributed by atoms with Crippen LogP contribution in [-0.4, -0.2) is 59.9 Å². The molecule has 1 aliphatic heterocycles. The van der Waals surface area contributed by atoms with E-state index in [9.17, 15) is 4.39 Å². The van der Waals surface area contributed by atoms with Crippen LogP contribution in [0.15, 0.2) is 41.7 Å². The topological polar surface area (TPSA) is 48.7 Å². The fraction of sp³-hybridized carbons (Fsp3) is 0.474. The smallest absolute Gasteiger partial charge is 0.194 e. The molecule has 27 heavy (non-hydrogen) atoms. The molecule has 2 aromatic rings. The normalized spacial score (nSPS) is 14.9. The lowest BCUT2D eigenvalue weighted by Crippen LogP contribution is -2.52. The molecule has 1 N–H and O–H groups in total. The predicted octanol–water partition coefficient (Wildman–Crippen LogP) is 2.51. The van der Waals surface area contributed by atoms with Gasteiger partial charge in [-0.2, -0.15) is 5.10 Å². The van der Waals surface area contributed by atoms with Crippen molar-refractivity contribution in [2.24, 2.45) is 12.0 Å². The third kappa shape index (κ3) is 6.08. The molecule has 3 rings (SSSR count). The van der Waals surface area contributed by atoms with Crippen molar-refractivity contribution >= 4 is 35.6 Å². The SMILES string of the molecule is CCNC(=NCCc1cnn(C)c1)N1CCN(c2ccc(F)cc2)CC1.I. The van der Waals surface area contributed by atoms with Gasteiger partial charge in [0, 0.05) is 58.2 Å². The van der Waals surface area contributed by atoms with Crippen LogP contribution >= 0.6 is 24.0 Å². The summed E-state index contributed by atoms with van der Waals surface area (Å²) < 4.78 is 14.9. The Labute approximate surface area is 177 Å². The molecular weight excluding hydrogens is 458 g/mol. The quantitative estimate of drug-likeness (QED) is 0.401. The first-order chi connectivity index (χ1) is 12.7. The van der Waals surface area contributed by atoms with Gasteiger partial charge in [0.05, 0.1) is 6.20 Å². The van der Waals surface area contributed by atoms with Crippen molar-refractivity contribution in [1.82, 2.24) is 20.0 Å². The first kappa shape index (κ1) is 21.5. The van der Waals surface area contributed by atoms with E-state index >= 15 is 0 Å². The fourth-order valence-corrected chi connectivity index (χ4v) is 3.15. The molecule has 0 bridgehead atoms. The lowest BCUT2D eigenvalue weighted by molar-refractivity contribution is 0.372. The zero-order chi connectivity index (χ0) is 18.4. The van der Waals surface area contributed by atoms with E-state index in [0.29, 0.717) is 0 Å². The van der Waals surface area contributed by atoms with Gasteiger partial charge in [-0.05, 0) is 43.2 Å². The van der Waals surface area contributed by atoms with Gasteiger partial charge in [-0.3, -0.25) is 9.67 Å². The van der Waals surface area contributed by atoms with Crippen molar-refractivity contribution in [3.8, 4) is 0 Å². The molecule has 1 fully saturated rings. The average Bonchev–Trinajstić information content (AvgIpc) is 3.07. The number of halogens is 2. The summed E-state index contributed by atoms with van der Waals surface area (Å²) in [5.74, 6) is 0.776. The van der Waals surface area contributed by atoms with Crippen molar-refractivity contribution < 1.29 is 4.39 Å². The summed E-state index contributed by atoms with van der Waals surface area (Å²) in [5, 5.41) is 7.59. The molecule has 0 saturated carbocycles. The molecule has 0 unspecified atom stereocenters. The predicted molar refractivity (Wildman–Crippen MR) is 118 cm³/mol. The van der Waals surface area contributed by atoms with E-state index in [4.69, 9.17) is 4.99 Å². The van der Waals surface area contributed by atoms with E-state index < -0.39 is 0 Å². The lowest BCUT2D eigenvalue weighted by Gasteiger charge is -2.37. The number of aryl methyl sites for hydroxylation is 1. The molecule has 0 amide bonds. The van der Waals surface area contributed by atoms with Gasteiger partial charge in [-0.25, -0.2) is 4.39 Å². The summed E-state index contributed by atoms with van der Waals surface area (Å²) in [6.45, 7) is 7.28. The molecule has 1 aromatic heterocycles. The van der Waals surface area contributed by atoms with Crippen molar-refractivity contribution in [3.63, 3.8) is 0 Å². The van der Waals surface area contributed by atoms with E-state index in [0.717, 1.165) is 57.3 Å². The summed E-state index contributed by atoms with van der Waals surface area (Å²) in [6.07, 6.45) is 4.81. The van der Waals surface area contributed by atoms with Crippen molar-refractivity contribution in [3.05, 3.63) is 48.0 Å². The van der Waals surface area contributed by atoms with Crippen LogP contribution in [0.5, 0.6) is 0 Å². The summed E-state index contributed by atoms with van der Waals surface area (Å²) >= 11 is 0. The molecule has 148 valence electrons. The first-order valence-electron chi connectivity index (χ1n) is 9.17. The highest BCUT2D eigenvalue weighted by molar-refractivity contribution is 14.0. The standard InChI is InChI=1S/C19H27FN6.HI/c1-3-21-19(22-9-8-16-14-23-24(2)15-16)26-12-10-25(11-13-26)18-6-4-17(20)5-7-18;/h4-7,14-15H,3,8-13H2,1-2H3,(H,21,22);1H. The van der Waals surface area contributed by atoms with Crippen LogP contribution in [0, 0.1) is 5.82 Å². The molecule has 0 radical (unpaired) electrons. The lowest BCUT2D eigenvalue weighted by atomic mass is 10.2. The second-order valence-electron chi connectivity index (χ2n) is 6.46. The highest BCUT2D eigenvalue weighted by Crippen LogP contribution is 2.17. The molecule has 1 aliphatic rings. The first-order valence-corrected chi connectivity index (χ1v) is 9.17. The van der Waals surface area contributed by atoms with Crippen molar-refractivity contribution in [2.75, 3.05) is 44.2 Å². The summed E-state index contributed by atoms with van der Waals surface area (Å²) in [7, 11) is 1.93. The van der Waals surface area contributed by atoms with Gasteiger partial charge in [0.25, 0.3) is 0 Å². The van der Waals surface area contributed by atoms with E-state index in [-0.39, 0.29) is 29.8 Å². The van der Waals surface area contributed by atoms with E-state index in [2.05, 4.69) is 27.1 Å². The molecule has 2 heterocycles. The molecule has 0 spiro atoms. The minimum absolute atomic E-state index is 0. The Hall–Kier alpha value is -1.84. The summed E-state index contributed by atoms with van der Waals surface area (Å²) in [6, 6.07) is 6.73. The molecule has 0 aliphatic carbocycles. The van der Waals surface area contributed by atoms with Gasteiger partial charge in [0.2, 0.25) is 0 Å². The number of aromatic nitrogens is 2. The summed E-state index contributed by atoms with van der Waals surface area (Å²) in [5.41, 5.74) is 2.28. The molecular formula is C19H28FIN6. The molecule has 1 saturated heterocycles. The Kier molecular flexibility index (Phi) is 8.33. The van der Waals surface area contributed by atoms with Gasteiger partial charge in [-0.15, -0.1) is 24.0 Å². The highest BCUT2D eigenvalue weighted by atomic mass is 127. The van der Waals surface area contributed by atoms with E-state index in [1.807, 2.05) is 36.3 Å². The number of hydrogen-bond donors (Lipinski definition) is 1. The fourth-order valence-electron chi connectivity index (χ4n) is 3.15. The number of rotatable bonds is 5. The van der Waals surface area contributed by atoms with Crippen LogP contribution in [0.1, 0.15) is 12.5 Å². The molecule has 6 nitrogen and oxygen atoms in total. The van der Waals surface area contributed by atoms with Crippen LogP contribution in [0.2, 0.25) is 0 Å². The van der Waals surface area contributed by atoms with Crippen molar-refractivity contribution in [2.45, 2.75) is 13.3 Å². The Morgan fingerprint density at radius 1 is 1.19 bits per heavy atom. The largest absolute Gasteiger partial charge is 0.368 e. The third-order valence-corrected chi connectivity index (χ3v) is 4.53. The van der Waals surface area contributed by atoms with Crippen LogP contribution in [0.3, 0.4) is 0 Å². The Bertz CT molecular complexity index is 722. The number of piperazine rings is 1. The second kappa shape index (κ2) is 10.5. The third-order valence-electron chi connectivity index (χ3n) is 4.53. The minimum Gasteiger partial charge on any atom is -0.368 e. The maximum Gasteiger partial charge on any atom is 0.194 e. The maximum absolute atomic E-state index is 13.1.